The number of nitrogens with one attached hydrogen (secondary N) is 1. The number of carbonyl (C=O) groups is 1. The molecule has 0 fully saturated rings. The number of sulfonamides is 1. The molecule has 0 atom stereocenters. The minimum atomic E-state index is -3.72. The van der Waals surface area contributed by atoms with E-state index in [1.165, 1.54) is 26.2 Å². The molecule has 0 aromatic heterocycles. The smallest absolute Gasteiger partial charge is 0.243 e. The van der Waals surface area contributed by atoms with Crippen LogP contribution >= 0.6 is 0 Å². The van der Waals surface area contributed by atoms with E-state index in [4.69, 9.17) is 5.73 Å². The SMILES string of the molecule is CNC(=O)CN(C)S(=O)(=O)c1cccc(C#CCN)c1. The minimum Gasteiger partial charge on any atom is -0.358 e. The highest BCUT2D eigenvalue weighted by Crippen LogP contribution is 2.15. The number of nitrogens with zero attached hydrogens (tertiary/aromatic N) is 1. The highest BCUT2D eigenvalue weighted by Gasteiger charge is 2.22. The van der Waals surface area contributed by atoms with E-state index in [0.29, 0.717) is 5.56 Å². The number of likely N-dealkylation sites (N-methyl/N-ethyl adjacent to an activating group) is 2. The maximum absolute atomic E-state index is 12.3. The molecule has 6 nitrogen and oxygen atoms in total. The number of carbonyl (C=O) groups excluding carboxylic acids is 1. The van der Waals surface area contributed by atoms with E-state index in [-0.39, 0.29) is 23.9 Å². The molecular weight excluding hydrogens is 278 g/mol. The van der Waals surface area contributed by atoms with Crippen LogP contribution in [0.3, 0.4) is 0 Å². The summed E-state index contributed by atoms with van der Waals surface area (Å²) in [5.41, 5.74) is 5.83. The van der Waals surface area contributed by atoms with Crippen molar-refractivity contribution >= 4 is 15.9 Å². The van der Waals surface area contributed by atoms with Gasteiger partial charge in [-0.2, -0.15) is 4.31 Å². The summed E-state index contributed by atoms with van der Waals surface area (Å²) in [4.78, 5) is 11.3. The third kappa shape index (κ3) is 4.06. The zero-order valence-corrected chi connectivity index (χ0v) is 12.2. The van der Waals surface area contributed by atoms with E-state index in [0.717, 1.165) is 4.31 Å². The fourth-order valence-electron chi connectivity index (χ4n) is 1.43. The Morgan fingerprint density at radius 3 is 2.75 bits per heavy atom. The lowest BCUT2D eigenvalue weighted by molar-refractivity contribution is -0.120. The first-order valence-electron chi connectivity index (χ1n) is 5.87. The quantitative estimate of drug-likeness (QED) is 0.723. The molecule has 1 aromatic carbocycles. The lowest BCUT2D eigenvalue weighted by Gasteiger charge is -2.16. The number of nitrogens with two attached hydrogens (primary N) is 1. The molecule has 1 rings (SSSR count). The second-order valence-electron chi connectivity index (χ2n) is 3.97. The van der Waals surface area contributed by atoms with E-state index in [9.17, 15) is 13.2 Å². The highest BCUT2D eigenvalue weighted by atomic mass is 32.2. The molecule has 0 saturated carbocycles. The molecule has 0 aliphatic heterocycles. The first kappa shape index (κ1) is 16.2. The van der Waals surface area contributed by atoms with Crippen LogP contribution in [-0.4, -0.2) is 45.8 Å². The second kappa shape index (κ2) is 7.05. The largest absolute Gasteiger partial charge is 0.358 e. The summed E-state index contributed by atoms with van der Waals surface area (Å²) in [5, 5.41) is 2.38. The summed E-state index contributed by atoms with van der Waals surface area (Å²) in [5.74, 6) is 5.05. The van der Waals surface area contributed by atoms with Crippen molar-refractivity contribution in [2.45, 2.75) is 4.90 Å². The molecule has 1 amide bonds. The van der Waals surface area contributed by atoms with Gasteiger partial charge in [-0.25, -0.2) is 8.42 Å². The van der Waals surface area contributed by atoms with Gasteiger partial charge in [0.2, 0.25) is 15.9 Å². The van der Waals surface area contributed by atoms with Gasteiger partial charge in [-0.15, -0.1) is 0 Å². The summed E-state index contributed by atoms with van der Waals surface area (Å²) in [6.07, 6.45) is 0. The normalized spacial score (nSPS) is 10.8. The van der Waals surface area contributed by atoms with Crippen molar-refractivity contribution in [3.63, 3.8) is 0 Å². The van der Waals surface area contributed by atoms with Gasteiger partial charge in [0.05, 0.1) is 18.0 Å². The van der Waals surface area contributed by atoms with Crippen LogP contribution in [0.5, 0.6) is 0 Å². The van der Waals surface area contributed by atoms with Crippen molar-refractivity contribution in [1.29, 1.82) is 0 Å². The van der Waals surface area contributed by atoms with E-state index in [1.807, 2.05) is 0 Å². The van der Waals surface area contributed by atoms with Gasteiger partial charge in [0.15, 0.2) is 0 Å². The number of hydrogen-bond acceptors (Lipinski definition) is 4. The molecule has 0 spiro atoms. The van der Waals surface area contributed by atoms with Gasteiger partial charge in [0.1, 0.15) is 0 Å². The predicted molar refractivity (Wildman–Crippen MR) is 76.3 cm³/mol. The van der Waals surface area contributed by atoms with Gasteiger partial charge in [0.25, 0.3) is 0 Å². The summed E-state index contributed by atoms with van der Waals surface area (Å²) >= 11 is 0. The highest BCUT2D eigenvalue weighted by molar-refractivity contribution is 7.89. The molecule has 20 heavy (non-hydrogen) atoms. The van der Waals surface area contributed by atoms with Gasteiger partial charge >= 0.3 is 0 Å². The maximum atomic E-state index is 12.3. The lowest BCUT2D eigenvalue weighted by Crippen LogP contribution is -2.36. The molecule has 1 aromatic rings. The topological polar surface area (TPSA) is 92.5 Å². The van der Waals surface area contributed by atoms with Crippen molar-refractivity contribution in [1.82, 2.24) is 9.62 Å². The van der Waals surface area contributed by atoms with E-state index in [1.54, 1.807) is 12.1 Å². The first-order chi connectivity index (χ1) is 9.41. The van der Waals surface area contributed by atoms with Gasteiger partial charge in [-0.3, -0.25) is 4.79 Å². The third-order valence-electron chi connectivity index (χ3n) is 2.52. The molecule has 0 heterocycles. The van der Waals surface area contributed by atoms with Crippen LogP contribution in [0, 0.1) is 11.8 Å². The van der Waals surface area contributed by atoms with Crippen molar-refractivity contribution in [3.05, 3.63) is 29.8 Å². The lowest BCUT2D eigenvalue weighted by atomic mass is 10.2. The van der Waals surface area contributed by atoms with E-state index < -0.39 is 10.0 Å². The van der Waals surface area contributed by atoms with E-state index >= 15 is 0 Å². The Balaban J connectivity index is 3.06. The Morgan fingerprint density at radius 2 is 2.15 bits per heavy atom. The van der Waals surface area contributed by atoms with Crippen molar-refractivity contribution in [3.8, 4) is 11.8 Å². The van der Waals surface area contributed by atoms with Gasteiger partial charge in [-0.1, -0.05) is 17.9 Å². The molecule has 0 unspecified atom stereocenters. The number of amides is 1. The zero-order chi connectivity index (χ0) is 15.2. The third-order valence-corrected chi connectivity index (χ3v) is 4.32. The van der Waals surface area contributed by atoms with Crippen molar-refractivity contribution in [2.75, 3.05) is 27.2 Å². The molecule has 0 aliphatic carbocycles. The van der Waals surface area contributed by atoms with Gasteiger partial charge in [-0.05, 0) is 18.2 Å². The molecular formula is C13H17N3O3S. The van der Waals surface area contributed by atoms with Crippen LogP contribution in [0.1, 0.15) is 5.56 Å². The zero-order valence-electron chi connectivity index (χ0n) is 11.4. The van der Waals surface area contributed by atoms with Crippen LogP contribution in [0.15, 0.2) is 29.2 Å². The maximum Gasteiger partial charge on any atom is 0.243 e. The van der Waals surface area contributed by atoms with Gasteiger partial charge in [0, 0.05) is 19.7 Å². The summed E-state index contributed by atoms with van der Waals surface area (Å²) < 4.78 is 25.6. The Bertz CT molecular complexity index is 644. The predicted octanol–water partition coefficient (Wildman–Crippen LogP) is -0.637. The average Bonchev–Trinajstić information content (AvgIpc) is 2.45. The van der Waals surface area contributed by atoms with Crippen LogP contribution in [0.25, 0.3) is 0 Å². The fourth-order valence-corrected chi connectivity index (χ4v) is 2.61. The van der Waals surface area contributed by atoms with Gasteiger partial charge < -0.3 is 11.1 Å². The molecule has 0 radical (unpaired) electrons. The Labute approximate surface area is 119 Å². The molecule has 0 bridgehead atoms. The summed E-state index contributed by atoms with van der Waals surface area (Å²) in [6.45, 7) is -0.0366. The second-order valence-corrected chi connectivity index (χ2v) is 6.01. The minimum absolute atomic E-state index is 0.0905. The number of hydrogen-bond donors (Lipinski definition) is 2. The first-order valence-corrected chi connectivity index (χ1v) is 7.31. The van der Waals surface area contributed by atoms with E-state index in [2.05, 4.69) is 17.2 Å². The molecule has 0 aliphatic rings. The molecule has 3 N–H and O–H groups in total. The number of benzene rings is 1. The van der Waals surface area contributed by atoms with Crippen LogP contribution < -0.4 is 11.1 Å². The molecule has 108 valence electrons. The van der Waals surface area contributed by atoms with Crippen LogP contribution in [0.2, 0.25) is 0 Å². The average molecular weight is 295 g/mol. The standard InChI is InChI=1S/C13H17N3O3S/c1-15-13(17)10-16(2)20(18,19)12-7-3-5-11(9-12)6-4-8-14/h3,5,7,9H,8,10,14H2,1-2H3,(H,15,17). The molecule has 0 saturated heterocycles. The Kier molecular flexibility index (Phi) is 5.70. The Hall–Kier alpha value is -1.88. The fraction of sp³-hybridized carbons (Fsp3) is 0.308. The van der Waals surface area contributed by atoms with Crippen molar-refractivity contribution in [2.24, 2.45) is 5.73 Å². The van der Waals surface area contributed by atoms with Crippen LogP contribution in [0.4, 0.5) is 0 Å². The molecule has 7 heteroatoms. The van der Waals surface area contributed by atoms with Crippen LogP contribution in [-0.2, 0) is 14.8 Å². The monoisotopic (exact) mass is 295 g/mol. The summed E-state index contributed by atoms with van der Waals surface area (Å²) in [7, 11) is -0.918. The number of rotatable bonds is 4. The van der Waals surface area contributed by atoms with Crippen molar-refractivity contribution < 1.29 is 13.2 Å². The summed E-state index contributed by atoms with van der Waals surface area (Å²) in [6, 6.07) is 6.21. The Morgan fingerprint density at radius 1 is 1.45 bits per heavy atom.